The third-order valence-corrected chi connectivity index (χ3v) is 4.64. The van der Waals surface area contributed by atoms with Crippen LogP contribution in [0.4, 0.5) is 0 Å². The number of sulfone groups is 1. The van der Waals surface area contributed by atoms with Gasteiger partial charge in [0.25, 0.3) is 5.91 Å². The lowest BCUT2D eigenvalue weighted by atomic mass is 9.99. The van der Waals surface area contributed by atoms with Crippen LogP contribution in [0.1, 0.15) is 30.6 Å². The standard InChI is InChI=1S/C15H21NO5S/c1-5-10(2)13(15(18)21-3)16-14(17)11-8-6-7-9-12(11)22(4,19)20/h6-10,13H,5H2,1-4H3,(H,16,17)/t10-,13+/m1/s1. The summed E-state index contributed by atoms with van der Waals surface area (Å²) in [4.78, 5) is 24.1. The number of nitrogens with one attached hydrogen (secondary N) is 1. The molecule has 1 rings (SSSR count). The molecule has 0 aliphatic heterocycles. The van der Waals surface area contributed by atoms with Gasteiger partial charge in [-0.2, -0.15) is 0 Å². The number of hydrogen-bond donors (Lipinski definition) is 1. The molecule has 0 heterocycles. The smallest absolute Gasteiger partial charge is 0.328 e. The lowest BCUT2D eigenvalue weighted by Crippen LogP contribution is -2.45. The predicted molar refractivity (Wildman–Crippen MR) is 82.3 cm³/mol. The SMILES string of the molecule is CC[C@@H](C)[C@H](NC(=O)c1ccccc1S(C)(=O)=O)C(=O)OC. The van der Waals surface area contributed by atoms with Crippen LogP contribution >= 0.6 is 0 Å². The Morgan fingerprint density at radius 2 is 1.86 bits per heavy atom. The first-order valence-corrected chi connectivity index (χ1v) is 8.79. The first kappa shape index (κ1) is 18.2. The highest BCUT2D eigenvalue weighted by molar-refractivity contribution is 7.90. The van der Waals surface area contributed by atoms with E-state index in [4.69, 9.17) is 4.74 Å². The number of esters is 1. The zero-order chi connectivity index (χ0) is 16.9. The van der Waals surface area contributed by atoms with E-state index in [1.807, 2.05) is 13.8 Å². The minimum absolute atomic E-state index is 0.0159. The molecule has 0 aliphatic carbocycles. The molecule has 1 aromatic rings. The number of hydrogen-bond acceptors (Lipinski definition) is 5. The summed E-state index contributed by atoms with van der Waals surface area (Å²) in [5.74, 6) is -1.31. The molecule has 0 saturated carbocycles. The van der Waals surface area contributed by atoms with Gasteiger partial charge in [0.05, 0.1) is 17.6 Å². The van der Waals surface area contributed by atoms with Crippen molar-refractivity contribution in [3.8, 4) is 0 Å². The number of ether oxygens (including phenoxy) is 1. The van der Waals surface area contributed by atoms with Gasteiger partial charge in [0.1, 0.15) is 6.04 Å². The minimum atomic E-state index is -3.54. The Morgan fingerprint density at radius 1 is 1.27 bits per heavy atom. The molecule has 22 heavy (non-hydrogen) atoms. The highest BCUT2D eigenvalue weighted by Gasteiger charge is 2.28. The molecule has 1 aromatic carbocycles. The van der Waals surface area contributed by atoms with Crippen LogP contribution in [0, 0.1) is 5.92 Å². The summed E-state index contributed by atoms with van der Waals surface area (Å²) >= 11 is 0. The van der Waals surface area contributed by atoms with Crippen molar-refractivity contribution in [1.29, 1.82) is 0 Å². The van der Waals surface area contributed by atoms with Crippen molar-refractivity contribution in [3.63, 3.8) is 0 Å². The Bertz CT molecular complexity index is 654. The van der Waals surface area contributed by atoms with Crippen LogP contribution < -0.4 is 5.32 Å². The molecule has 0 unspecified atom stereocenters. The molecule has 122 valence electrons. The average molecular weight is 327 g/mol. The predicted octanol–water partition coefficient (Wildman–Crippen LogP) is 1.41. The average Bonchev–Trinajstić information content (AvgIpc) is 2.50. The lowest BCUT2D eigenvalue weighted by Gasteiger charge is -2.22. The highest BCUT2D eigenvalue weighted by atomic mass is 32.2. The Kier molecular flexibility index (Phi) is 6.11. The molecular formula is C15H21NO5S. The number of carbonyl (C=O) groups excluding carboxylic acids is 2. The van der Waals surface area contributed by atoms with Crippen LogP contribution in [0.5, 0.6) is 0 Å². The molecule has 0 aromatic heterocycles. The topological polar surface area (TPSA) is 89.5 Å². The molecular weight excluding hydrogens is 306 g/mol. The Balaban J connectivity index is 3.14. The maximum Gasteiger partial charge on any atom is 0.328 e. The molecule has 7 heteroatoms. The van der Waals surface area contributed by atoms with Gasteiger partial charge in [-0.3, -0.25) is 4.79 Å². The van der Waals surface area contributed by atoms with Crippen molar-refractivity contribution in [2.24, 2.45) is 5.92 Å². The van der Waals surface area contributed by atoms with Crippen LogP contribution in [-0.4, -0.2) is 39.7 Å². The fourth-order valence-corrected chi connectivity index (χ4v) is 2.88. The van der Waals surface area contributed by atoms with Crippen molar-refractivity contribution < 1.29 is 22.7 Å². The van der Waals surface area contributed by atoms with E-state index in [9.17, 15) is 18.0 Å². The Hall–Kier alpha value is -1.89. The van der Waals surface area contributed by atoms with Crippen LogP contribution in [0.15, 0.2) is 29.2 Å². The van der Waals surface area contributed by atoms with Crippen LogP contribution in [-0.2, 0) is 19.4 Å². The molecule has 0 fully saturated rings. The molecule has 0 spiro atoms. The van der Waals surface area contributed by atoms with E-state index in [1.54, 1.807) is 12.1 Å². The van der Waals surface area contributed by atoms with Gasteiger partial charge in [-0.25, -0.2) is 13.2 Å². The van der Waals surface area contributed by atoms with Gasteiger partial charge in [-0.1, -0.05) is 32.4 Å². The molecule has 0 bridgehead atoms. The third kappa shape index (κ3) is 4.30. The Labute approximate surface area is 130 Å². The number of methoxy groups -OCH3 is 1. The third-order valence-electron chi connectivity index (χ3n) is 3.49. The second kappa shape index (κ2) is 7.40. The monoisotopic (exact) mass is 327 g/mol. The van der Waals surface area contributed by atoms with Gasteiger partial charge in [0.15, 0.2) is 9.84 Å². The fraction of sp³-hybridized carbons (Fsp3) is 0.467. The van der Waals surface area contributed by atoms with Gasteiger partial charge < -0.3 is 10.1 Å². The molecule has 0 radical (unpaired) electrons. The van der Waals surface area contributed by atoms with E-state index in [0.29, 0.717) is 6.42 Å². The number of carbonyl (C=O) groups is 2. The summed E-state index contributed by atoms with van der Waals surface area (Å²) < 4.78 is 28.2. The van der Waals surface area contributed by atoms with E-state index >= 15 is 0 Å². The van der Waals surface area contributed by atoms with E-state index < -0.39 is 27.8 Å². The summed E-state index contributed by atoms with van der Waals surface area (Å²) in [6.45, 7) is 3.70. The maximum atomic E-state index is 12.4. The summed E-state index contributed by atoms with van der Waals surface area (Å²) in [5.41, 5.74) is 0.0159. The van der Waals surface area contributed by atoms with Crippen LogP contribution in [0.3, 0.4) is 0 Å². The first-order chi connectivity index (χ1) is 10.2. The van der Waals surface area contributed by atoms with E-state index in [1.165, 1.54) is 19.2 Å². The van der Waals surface area contributed by atoms with Crippen molar-refractivity contribution in [1.82, 2.24) is 5.32 Å². The van der Waals surface area contributed by atoms with E-state index in [2.05, 4.69) is 5.32 Å². The second-order valence-electron chi connectivity index (χ2n) is 5.13. The zero-order valence-electron chi connectivity index (χ0n) is 13.1. The number of amides is 1. The van der Waals surface area contributed by atoms with Crippen molar-refractivity contribution in [2.45, 2.75) is 31.2 Å². The van der Waals surface area contributed by atoms with Gasteiger partial charge in [0, 0.05) is 6.26 Å². The van der Waals surface area contributed by atoms with Gasteiger partial charge in [-0.15, -0.1) is 0 Å². The van der Waals surface area contributed by atoms with Crippen molar-refractivity contribution in [3.05, 3.63) is 29.8 Å². The molecule has 1 amide bonds. The van der Waals surface area contributed by atoms with Crippen molar-refractivity contribution >= 4 is 21.7 Å². The highest BCUT2D eigenvalue weighted by Crippen LogP contribution is 2.17. The van der Waals surface area contributed by atoms with Gasteiger partial charge >= 0.3 is 5.97 Å². The minimum Gasteiger partial charge on any atom is -0.467 e. The van der Waals surface area contributed by atoms with Gasteiger partial charge in [0.2, 0.25) is 0 Å². The van der Waals surface area contributed by atoms with Crippen LogP contribution in [0.2, 0.25) is 0 Å². The normalized spacial score (nSPS) is 14.0. The van der Waals surface area contributed by atoms with E-state index in [-0.39, 0.29) is 16.4 Å². The zero-order valence-corrected chi connectivity index (χ0v) is 13.9. The molecule has 2 atom stereocenters. The second-order valence-corrected chi connectivity index (χ2v) is 7.11. The maximum absolute atomic E-state index is 12.4. The molecule has 6 nitrogen and oxygen atoms in total. The van der Waals surface area contributed by atoms with Crippen LogP contribution in [0.25, 0.3) is 0 Å². The Morgan fingerprint density at radius 3 is 2.36 bits per heavy atom. The summed E-state index contributed by atoms with van der Waals surface area (Å²) in [5, 5.41) is 2.57. The largest absolute Gasteiger partial charge is 0.467 e. The molecule has 0 saturated heterocycles. The fourth-order valence-electron chi connectivity index (χ4n) is 1.99. The molecule has 1 N–H and O–H groups in total. The quantitative estimate of drug-likeness (QED) is 0.798. The summed E-state index contributed by atoms with van der Waals surface area (Å²) in [6, 6.07) is 5.06. The van der Waals surface area contributed by atoms with E-state index in [0.717, 1.165) is 6.26 Å². The summed E-state index contributed by atoms with van der Waals surface area (Å²) in [6.07, 6.45) is 1.69. The lowest BCUT2D eigenvalue weighted by molar-refractivity contribution is -0.144. The first-order valence-electron chi connectivity index (χ1n) is 6.90. The summed E-state index contributed by atoms with van der Waals surface area (Å²) in [7, 11) is -2.30. The van der Waals surface area contributed by atoms with Crippen molar-refractivity contribution in [2.75, 3.05) is 13.4 Å². The molecule has 0 aliphatic rings. The van der Waals surface area contributed by atoms with Gasteiger partial charge in [-0.05, 0) is 18.1 Å². The number of rotatable bonds is 6. The number of benzene rings is 1.